The van der Waals surface area contributed by atoms with Crippen LogP contribution in [0.1, 0.15) is 36.2 Å². The number of hydrazine groups is 1. The van der Waals surface area contributed by atoms with Gasteiger partial charge in [0.05, 0.1) is 11.8 Å². The Kier molecular flexibility index (Phi) is 3.98. The third-order valence-corrected chi connectivity index (χ3v) is 6.21. The molecule has 2 aliphatic carbocycles. The lowest BCUT2D eigenvalue weighted by atomic mass is 9.70. The molecular formula is C21H24N2O3. The summed E-state index contributed by atoms with van der Waals surface area (Å²) in [6.45, 7) is 6.09. The molecule has 136 valence electrons. The Morgan fingerprint density at radius 1 is 1.04 bits per heavy atom. The first-order valence-electron chi connectivity index (χ1n) is 9.32. The minimum atomic E-state index is -0.428. The number of fused-ring (bicyclic) bond motifs is 1. The van der Waals surface area contributed by atoms with Gasteiger partial charge in [0.1, 0.15) is 0 Å². The number of rotatable bonds is 3. The van der Waals surface area contributed by atoms with E-state index in [2.05, 4.69) is 24.5 Å². The number of nitrogens with one attached hydrogen (secondary N) is 1. The maximum atomic E-state index is 13.0. The molecule has 2 unspecified atom stereocenters. The lowest BCUT2D eigenvalue weighted by Crippen LogP contribution is -2.47. The first-order valence-corrected chi connectivity index (χ1v) is 9.32. The molecule has 0 spiro atoms. The van der Waals surface area contributed by atoms with Gasteiger partial charge in [-0.3, -0.25) is 19.8 Å². The molecule has 1 heterocycles. The summed E-state index contributed by atoms with van der Waals surface area (Å²) in [6, 6.07) is 7.06. The van der Waals surface area contributed by atoms with E-state index in [9.17, 15) is 14.4 Å². The number of hydrogen-bond acceptors (Lipinski definition) is 3. The van der Waals surface area contributed by atoms with Crippen LogP contribution in [0.5, 0.6) is 0 Å². The lowest BCUT2D eigenvalue weighted by Gasteiger charge is -2.30. The number of aryl methyl sites for hydroxylation is 1. The fourth-order valence-corrected chi connectivity index (χ4v) is 4.49. The van der Waals surface area contributed by atoms with Gasteiger partial charge in [-0.1, -0.05) is 43.7 Å². The van der Waals surface area contributed by atoms with Crippen molar-refractivity contribution in [3.8, 4) is 0 Å². The van der Waals surface area contributed by atoms with Gasteiger partial charge in [-0.25, -0.2) is 0 Å². The quantitative estimate of drug-likeness (QED) is 0.672. The molecule has 1 aromatic rings. The molecule has 5 nitrogen and oxygen atoms in total. The molecule has 1 aromatic carbocycles. The fraction of sp³-hybridized carbons (Fsp3) is 0.476. The van der Waals surface area contributed by atoms with Crippen molar-refractivity contribution in [2.75, 3.05) is 0 Å². The molecule has 1 aliphatic heterocycles. The van der Waals surface area contributed by atoms with E-state index in [1.807, 2.05) is 26.0 Å². The number of carbonyl (C=O) groups is 3. The summed E-state index contributed by atoms with van der Waals surface area (Å²) in [5, 5.41) is 0.973. The predicted octanol–water partition coefficient (Wildman–Crippen LogP) is 2.72. The van der Waals surface area contributed by atoms with Crippen LogP contribution in [-0.2, 0) is 9.59 Å². The van der Waals surface area contributed by atoms with Gasteiger partial charge in [-0.2, -0.15) is 5.01 Å². The highest BCUT2D eigenvalue weighted by Gasteiger charge is 2.58. The van der Waals surface area contributed by atoms with Crippen molar-refractivity contribution in [1.82, 2.24) is 10.4 Å². The zero-order chi connectivity index (χ0) is 18.6. The number of nitrogens with zero attached hydrogens (tertiary/aromatic N) is 1. The maximum absolute atomic E-state index is 13.0. The summed E-state index contributed by atoms with van der Waals surface area (Å²) >= 11 is 0. The average molecular weight is 352 g/mol. The van der Waals surface area contributed by atoms with Crippen LogP contribution in [0.4, 0.5) is 0 Å². The van der Waals surface area contributed by atoms with Crippen LogP contribution in [0.2, 0.25) is 0 Å². The molecule has 3 aliphatic rings. The van der Waals surface area contributed by atoms with Crippen molar-refractivity contribution in [1.29, 1.82) is 0 Å². The predicted molar refractivity (Wildman–Crippen MR) is 96.5 cm³/mol. The van der Waals surface area contributed by atoms with Crippen LogP contribution in [0.15, 0.2) is 36.4 Å². The first-order chi connectivity index (χ1) is 12.4. The van der Waals surface area contributed by atoms with Gasteiger partial charge in [0.25, 0.3) is 17.7 Å². The molecular weight excluding hydrogens is 328 g/mol. The summed E-state index contributed by atoms with van der Waals surface area (Å²) < 4.78 is 0. The third-order valence-electron chi connectivity index (χ3n) is 6.21. The summed E-state index contributed by atoms with van der Waals surface area (Å²) in [5.41, 5.74) is 4.03. The van der Waals surface area contributed by atoms with E-state index in [-0.39, 0.29) is 35.5 Å². The fourth-order valence-electron chi connectivity index (χ4n) is 4.49. The topological polar surface area (TPSA) is 66.5 Å². The van der Waals surface area contributed by atoms with Gasteiger partial charge in [-0.15, -0.1) is 0 Å². The zero-order valence-corrected chi connectivity index (χ0v) is 15.3. The minimum absolute atomic E-state index is 0.00281. The third kappa shape index (κ3) is 2.66. The number of amides is 3. The largest absolute Gasteiger partial charge is 0.272 e. The lowest BCUT2D eigenvalue weighted by molar-refractivity contribution is -0.143. The van der Waals surface area contributed by atoms with Crippen molar-refractivity contribution in [2.45, 2.75) is 27.2 Å². The second kappa shape index (κ2) is 6.08. The summed E-state index contributed by atoms with van der Waals surface area (Å²) in [6.07, 6.45) is 5.29. The Morgan fingerprint density at radius 3 is 2.27 bits per heavy atom. The molecule has 1 saturated heterocycles. The number of benzene rings is 1. The highest BCUT2D eigenvalue weighted by atomic mass is 16.2. The van der Waals surface area contributed by atoms with Crippen LogP contribution in [0, 0.1) is 42.4 Å². The van der Waals surface area contributed by atoms with Gasteiger partial charge in [0, 0.05) is 5.56 Å². The van der Waals surface area contributed by atoms with Crippen LogP contribution < -0.4 is 5.43 Å². The highest BCUT2D eigenvalue weighted by molar-refractivity contribution is 6.08. The number of carbonyl (C=O) groups excluding carboxylic acids is 3. The normalized spacial score (nSPS) is 35.4. The second-order valence-electron chi connectivity index (χ2n) is 8.07. The van der Waals surface area contributed by atoms with E-state index in [0.717, 1.165) is 17.0 Å². The first kappa shape index (κ1) is 17.0. The Bertz CT molecular complexity index is 798. The van der Waals surface area contributed by atoms with Gasteiger partial charge >= 0.3 is 0 Å². The number of allylic oxidation sites excluding steroid dienone is 2. The van der Waals surface area contributed by atoms with E-state index < -0.39 is 5.91 Å². The van der Waals surface area contributed by atoms with E-state index in [1.165, 1.54) is 0 Å². The SMILES string of the molecule is Cc1ccc(C(=O)NN2C(=O)[C@@H]3C([C@@H]4C[C@@H]4C)C=CC(C)[C@@H]3C2=O)cc1. The molecule has 5 heteroatoms. The molecule has 1 N–H and O–H groups in total. The van der Waals surface area contributed by atoms with E-state index >= 15 is 0 Å². The van der Waals surface area contributed by atoms with Crippen molar-refractivity contribution >= 4 is 17.7 Å². The maximum Gasteiger partial charge on any atom is 0.270 e. The Morgan fingerprint density at radius 2 is 1.65 bits per heavy atom. The zero-order valence-electron chi connectivity index (χ0n) is 15.3. The van der Waals surface area contributed by atoms with Crippen molar-refractivity contribution in [3.63, 3.8) is 0 Å². The molecule has 6 atom stereocenters. The van der Waals surface area contributed by atoms with Gasteiger partial charge in [-0.05, 0) is 49.1 Å². The molecule has 2 fully saturated rings. The summed E-state index contributed by atoms with van der Waals surface area (Å²) in [7, 11) is 0. The van der Waals surface area contributed by atoms with Crippen molar-refractivity contribution < 1.29 is 14.4 Å². The Labute approximate surface area is 153 Å². The molecule has 1 saturated carbocycles. The number of imide groups is 1. The molecule has 0 radical (unpaired) electrons. The Balaban J connectivity index is 1.57. The monoisotopic (exact) mass is 352 g/mol. The molecule has 26 heavy (non-hydrogen) atoms. The van der Waals surface area contributed by atoms with Gasteiger partial charge < -0.3 is 0 Å². The Hall–Kier alpha value is -2.43. The van der Waals surface area contributed by atoms with Crippen LogP contribution >= 0.6 is 0 Å². The molecule has 0 bridgehead atoms. The van der Waals surface area contributed by atoms with E-state index in [0.29, 0.717) is 17.4 Å². The smallest absolute Gasteiger partial charge is 0.270 e. The minimum Gasteiger partial charge on any atom is -0.272 e. The van der Waals surface area contributed by atoms with Crippen LogP contribution in [0.25, 0.3) is 0 Å². The molecule has 4 rings (SSSR count). The number of hydrogen-bond donors (Lipinski definition) is 1. The van der Waals surface area contributed by atoms with Gasteiger partial charge in [0.15, 0.2) is 0 Å². The van der Waals surface area contributed by atoms with E-state index in [1.54, 1.807) is 12.1 Å². The average Bonchev–Trinajstić information content (AvgIpc) is 3.29. The summed E-state index contributed by atoms with van der Waals surface area (Å²) in [5.74, 6) is -0.529. The standard InChI is InChI=1S/C21H24N2O3/c1-11-4-7-14(8-5-11)19(24)22-23-20(25)17-12(2)6-9-15(16-10-13(16)3)18(17)21(23)26/h4-9,12-13,15-18H,10H2,1-3H3,(H,22,24)/t12?,13-,15?,16+,17-,18+/m0/s1. The highest BCUT2D eigenvalue weighted by Crippen LogP contribution is 2.53. The van der Waals surface area contributed by atoms with Crippen LogP contribution in [0.3, 0.4) is 0 Å². The molecule has 3 amide bonds. The summed E-state index contributed by atoms with van der Waals surface area (Å²) in [4.78, 5) is 38.4. The van der Waals surface area contributed by atoms with E-state index in [4.69, 9.17) is 0 Å². The van der Waals surface area contributed by atoms with Gasteiger partial charge in [0.2, 0.25) is 0 Å². The van der Waals surface area contributed by atoms with Crippen LogP contribution in [-0.4, -0.2) is 22.7 Å². The molecule has 0 aromatic heterocycles. The van der Waals surface area contributed by atoms with Crippen molar-refractivity contribution in [3.05, 3.63) is 47.5 Å². The second-order valence-corrected chi connectivity index (χ2v) is 8.07. The van der Waals surface area contributed by atoms with Crippen molar-refractivity contribution in [2.24, 2.45) is 35.5 Å².